The van der Waals surface area contributed by atoms with Crippen LogP contribution in [0.2, 0.25) is 0 Å². The van der Waals surface area contributed by atoms with Crippen molar-refractivity contribution in [3.8, 4) is 5.75 Å². The summed E-state index contributed by atoms with van der Waals surface area (Å²) in [6, 6.07) is 5.97. The number of phenolic OH excluding ortho intramolecular Hbond substituents is 1. The van der Waals surface area contributed by atoms with Crippen molar-refractivity contribution in [2.45, 2.75) is 19.8 Å². The van der Waals surface area contributed by atoms with Crippen molar-refractivity contribution in [2.24, 2.45) is 0 Å². The summed E-state index contributed by atoms with van der Waals surface area (Å²) < 4.78 is 5.30. The van der Waals surface area contributed by atoms with Crippen molar-refractivity contribution < 1.29 is 9.84 Å². The molecule has 0 amide bonds. The number of aromatic hydroxyl groups is 1. The summed E-state index contributed by atoms with van der Waals surface area (Å²) in [6.07, 6.45) is 0. The van der Waals surface area contributed by atoms with E-state index in [-0.39, 0.29) is 0 Å². The SMILES string of the molecule is CC(C)c1ccc(N2CCOCC2)c(O)c1. The van der Waals surface area contributed by atoms with Crippen molar-refractivity contribution in [2.75, 3.05) is 31.2 Å². The van der Waals surface area contributed by atoms with Crippen molar-refractivity contribution >= 4 is 5.69 Å². The summed E-state index contributed by atoms with van der Waals surface area (Å²) in [5, 5.41) is 10.0. The molecular weight excluding hydrogens is 202 g/mol. The molecule has 1 aromatic carbocycles. The van der Waals surface area contributed by atoms with Crippen molar-refractivity contribution in [1.82, 2.24) is 0 Å². The Labute approximate surface area is 96.6 Å². The van der Waals surface area contributed by atoms with Crippen LogP contribution in [0, 0.1) is 0 Å². The Bertz CT molecular complexity index is 357. The molecule has 1 saturated heterocycles. The van der Waals surface area contributed by atoms with E-state index in [0.29, 0.717) is 11.7 Å². The smallest absolute Gasteiger partial charge is 0.139 e. The maximum Gasteiger partial charge on any atom is 0.139 e. The molecule has 2 rings (SSSR count). The second-order valence-electron chi connectivity index (χ2n) is 4.50. The van der Waals surface area contributed by atoms with E-state index in [1.165, 1.54) is 5.56 Å². The predicted molar refractivity (Wildman–Crippen MR) is 65.2 cm³/mol. The molecule has 16 heavy (non-hydrogen) atoms. The van der Waals surface area contributed by atoms with E-state index in [9.17, 15) is 5.11 Å². The highest BCUT2D eigenvalue weighted by Gasteiger charge is 2.15. The molecule has 0 aliphatic carbocycles. The maximum atomic E-state index is 10.0. The second-order valence-corrected chi connectivity index (χ2v) is 4.50. The van der Waals surface area contributed by atoms with Gasteiger partial charge in [0.25, 0.3) is 0 Å². The summed E-state index contributed by atoms with van der Waals surface area (Å²) in [7, 11) is 0. The lowest BCUT2D eigenvalue weighted by molar-refractivity contribution is 0.122. The molecular formula is C13H19NO2. The van der Waals surface area contributed by atoms with Crippen molar-refractivity contribution in [1.29, 1.82) is 0 Å². The fourth-order valence-corrected chi connectivity index (χ4v) is 1.97. The normalized spacial score (nSPS) is 16.8. The van der Waals surface area contributed by atoms with E-state index in [0.717, 1.165) is 32.0 Å². The molecule has 3 nitrogen and oxygen atoms in total. The molecule has 0 saturated carbocycles. The third kappa shape index (κ3) is 2.30. The molecule has 3 heteroatoms. The Balaban J connectivity index is 2.21. The third-order valence-corrected chi connectivity index (χ3v) is 3.02. The van der Waals surface area contributed by atoms with Gasteiger partial charge in [0, 0.05) is 13.1 Å². The van der Waals surface area contributed by atoms with Gasteiger partial charge in [-0.25, -0.2) is 0 Å². The fraction of sp³-hybridized carbons (Fsp3) is 0.538. The zero-order valence-corrected chi connectivity index (χ0v) is 9.94. The van der Waals surface area contributed by atoms with Crippen LogP contribution in [0.1, 0.15) is 25.3 Å². The monoisotopic (exact) mass is 221 g/mol. The van der Waals surface area contributed by atoms with E-state index < -0.39 is 0 Å². The second kappa shape index (κ2) is 4.74. The molecule has 1 aliphatic heterocycles. The molecule has 1 aliphatic rings. The quantitative estimate of drug-likeness (QED) is 0.832. The zero-order chi connectivity index (χ0) is 11.5. The highest BCUT2D eigenvalue weighted by Crippen LogP contribution is 2.31. The van der Waals surface area contributed by atoms with E-state index in [4.69, 9.17) is 4.74 Å². The van der Waals surface area contributed by atoms with E-state index in [2.05, 4.69) is 24.8 Å². The molecule has 0 aromatic heterocycles. The van der Waals surface area contributed by atoms with Gasteiger partial charge in [0.2, 0.25) is 0 Å². The lowest BCUT2D eigenvalue weighted by Gasteiger charge is -2.29. The fourth-order valence-electron chi connectivity index (χ4n) is 1.97. The molecule has 0 bridgehead atoms. The minimum Gasteiger partial charge on any atom is -0.506 e. The van der Waals surface area contributed by atoms with E-state index in [1.54, 1.807) is 0 Å². The topological polar surface area (TPSA) is 32.7 Å². The van der Waals surface area contributed by atoms with E-state index in [1.807, 2.05) is 12.1 Å². The number of ether oxygens (including phenoxy) is 1. The molecule has 0 atom stereocenters. The number of phenols is 1. The number of nitrogens with zero attached hydrogens (tertiary/aromatic N) is 1. The van der Waals surface area contributed by atoms with Crippen LogP contribution in [-0.2, 0) is 4.74 Å². The Kier molecular flexibility index (Phi) is 3.34. The average molecular weight is 221 g/mol. The van der Waals surface area contributed by atoms with Crippen LogP contribution in [0.3, 0.4) is 0 Å². The third-order valence-electron chi connectivity index (χ3n) is 3.02. The Morgan fingerprint density at radius 3 is 2.50 bits per heavy atom. The van der Waals surface area contributed by atoms with Crippen molar-refractivity contribution in [3.63, 3.8) is 0 Å². The van der Waals surface area contributed by atoms with Crippen LogP contribution in [0.5, 0.6) is 5.75 Å². The first kappa shape index (κ1) is 11.3. The van der Waals surface area contributed by atoms with Gasteiger partial charge in [0.15, 0.2) is 0 Å². The van der Waals surface area contributed by atoms with Gasteiger partial charge in [-0.05, 0) is 23.6 Å². The highest BCUT2D eigenvalue weighted by atomic mass is 16.5. The largest absolute Gasteiger partial charge is 0.506 e. The predicted octanol–water partition coefficient (Wildman–Crippen LogP) is 2.35. The summed E-state index contributed by atoms with van der Waals surface area (Å²) in [5.41, 5.74) is 2.10. The molecule has 0 radical (unpaired) electrons. The molecule has 1 heterocycles. The van der Waals surface area contributed by atoms with Crippen LogP contribution >= 0.6 is 0 Å². The minimum atomic E-state index is 0.383. The minimum absolute atomic E-state index is 0.383. The van der Waals surface area contributed by atoms with E-state index >= 15 is 0 Å². The van der Waals surface area contributed by atoms with Crippen LogP contribution in [0.4, 0.5) is 5.69 Å². The number of anilines is 1. The number of rotatable bonds is 2. The molecule has 0 spiro atoms. The van der Waals surface area contributed by atoms with Crippen LogP contribution in [-0.4, -0.2) is 31.4 Å². The van der Waals surface area contributed by atoms with Gasteiger partial charge in [0.05, 0.1) is 18.9 Å². The molecule has 1 fully saturated rings. The first-order valence-corrected chi connectivity index (χ1v) is 5.84. The summed E-state index contributed by atoms with van der Waals surface area (Å²) in [4.78, 5) is 2.17. The molecule has 1 aromatic rings. The Morgan fingerprint density at radius 1 is 1.25 bits per heavy atom. The number of morpholine rings is 1. The Hall–Kier alpha value is -1.22. The van der Waals surface area contributed by atoms with Crippen molar-refractivity contribution in [3.05, 3.63) is 23.8 Å². The van der Waals surface area contributed by atoms with Gasteiger partial charge < -0.3 is 14.7 Å². The number of benzene rings is 1. The van der Waals surface area contributed by atoms with Crippen LogP contribution in [0.15, 0.2) is 18.2 Å². The van der Waals surface area contributed by atoms with Gasteiger partial charge >= 0.3 is 0 Å². The lowest BCUT2D eigenvalue weighted by atomic mass is 10.0. The number of hydrogen-bond acceptors (Lipinski definition) is 3. The lowest BCUT2D eigenvalue weighted by Crippen LogP contribution is -2.36. The van der Waals surface area contributed by atoms with Gasteiger partial charge in [-0.15, -0.1) is 0 Å². The molecule has 88 valence electrons. The molecule has 0 unspecified atom stereocenters. The standard InChI is InChI=1S/C13H19NO2/c1-10(2)11-3-4-12(13(15)9-11)14-5-7-16-8-6-14/h3-4,9-10,15H,5-8H2,1-2H3. The molecule has 1 N–H and O–H groups in total. The van der Waals surface area contributed by atoms with Gasteiger partial charge in [-0.3, -0.25) is 0 Å². The van der Waals surface area contributed by atoms with Gasteiger partial charge in [-0.1, -0.05) is 19.9 Å². The van der Waals surface area contributed by atoms with Gasteiger partial charge in [-0.2, -0.15) is 0 Å². The summed E-state index contributed by atoms with van der Waals surface area (Å²) in [5.74, 6) is 0.831. The first-order chi connectivity index (χ1) is 7.68. The first-order valence-electron chi connectivity index (χ1n) is 5.84. The Morgan fingerprint density at radius 2 is 1.94 bits per heavy atom. The maximum absolute atomic E-state index is 10.0. The summed E-state index contributed by atoms with van der Waals surface area (Å²) in [6.45, 7) is 7.45. The van der Waals surface area contributed by atoms with Crippen LogP contribution < -0.4 is 4.90 Å². The number of hydrogen-bond donors (Lipinski definition) is 1. The summed E-state index contributed by atoms with van der Waals surface area (Å²) >= 11 is 0. The highest BCUT2D eigenvalue weighted by molar-refractivity contribution is 5.59. The van der Waals surface area contributed by atoms with Crippen LogP contribution in [0.25, 0.3) is 0 Å². The average Bonchev–Trinajstić information content (AvgIpc) is 2.30. The zero-order valence-electron chi connectivity index (χ0n) is 9.94. The van der Waals surface area contributed by atoms with Gasteiger partial charge in [0.1, 0.15) is 5.75 Å².